The van der Waals surface area contributed by atoms with E-state index >= 15 is 0 Å². The molecule has 4 aliphatic carbocycles. The number of carboxylic acids is 1. The topological polar surface area (TPSA) is 37.3 Å². The van der Waals surface area contributed by atoms with Crippen LogP contribution in [-0.4, -0.2) is 11.1 Å². The standard InChI is InChI=1S/C22H34O2/c1-14(21(23)24)12-15-5-7-17-16(13-15)6-8-19-18(17)9-11-22(2)10-3-4-20(19)22/h12,15-20H,3-11,13H2,1-2H3,(H,23,24)/t15?,16?,17?,18?,19?,20?,22-/m0/s1. The van der Waals surface area contributed by atoms with Crippen molar-refractivity contribution < 1.29 is 9.90 Å². The molecule has 0 aromatic rings. The highest BCUT2D eigenvalue weighted by Crippen LogP contribution is 2.62. The van der Waals surface area contributed by atoms with Crippen molar-refractivity contribution in [2.75, 3.05) is 0 Å². The molecule has 7 atom stereocenters. The number of rotatable bonds is 2. The molecule has 4 aliphatic rings. The molecule has 0 amide bonds. The molecule has 4 fully saturated rings. The van der Waals surface area contributed by atoms with Crippen LogP contribution in [0.4, 0.5) is 0 Å². The summed E-state index contributed by atoms with van der Waals surface area (Å²) in [6.45, 7) is 4.34. The maximum atomic E-state index is 11.1. The van der Waals surface area contributed by atoms with Gasteiger partial charge in [-0.05, 0) is 106 Å². The Kier molecular flexibility index (Phi) is 4.29. The average Bonchev–Trinajstić information content (AvgIpc) is 2.96. The van der Waals surface area contributed by atoms with Crippen LogP contribution >= 0.6 is 0 Å². The normalized spacial score (nSPS) is 48.3. The van der Waals surface area contributed by atoms with Crippen LogP contribution in [0.25, 0.3) is 0 Å². The SMILES string of the molecule is CC(=CC1CCC2C(CCC3C2CC[C@]2(C)CCCC32)C1)C(=O)O. The van der Waals surface area contributed by atoms with Crippen molar-refractivity contribution >= 4 is 5.97 Å². The number of carboxylic acid groups (broad SMARTS) is 1. The van der Waals surface area contributed by atoms with Crippen molar-refractivity contribution in [1.29, 1.82) is 0 Å². The van der Waals surface area contributed by atoms with Gasteiger partial charge in [-0.1, -0.05) is 19.4 Å². The van der Waals surface area contributed by atoms with E-state index in [1.54, 1.807) is 6.92 Å². The largest absolute Gasteiger partial charge is 0.478 e. The number of fused-ring (bicyclic) bond motifs is 5. The van der Waals surface area contributed by atoms with E-state index in [1.165, 1.54) is 64.2 Å². The van der Waals surface area contributed by atoms with Gasteiger partial charge < -0.3 is 5.11 Å². The van der Waals surface area contributed by atoms with Gasteiger partial charge in [-0.15, -0.1) is 0 Å². The average molecular weight is 331 g/mol. The molecular weight excluding hydrogens is 296 g/mol. The third kappa shape index (κ3) is 2.74. The molecule has 0 bridgehead atoms. The molecule has 2 heteroatoms. The van der Waals surface area contributed by atoms with Crippen LogP contribution in [0.5, 0.6) is 0 Å². The lowest BCUT2D eigenvalue weighted by molar-refractivity contribution is -0.132. The van der Waals surface area contributed by atoms with E-state index in [-0.39, 0.29) is 0 Å². The zero-order chi connectivity index (χ0) is 16.9. The summed E-state index contributed by atoms with van der Waals surface area (Å²) in [5.74, 6) is 4.61. The zero-order valence-electron chi connectivity index (χ0n) is 15.5. The fourth-order valence-electron chi connectivity index (χ4n) is 7.46. The highest BCUT2D eigenvalue weighted by Gasteiger charge is 2.53. The first-order chi connectivity index (χ1) is 11.5. The van der Waals surface area contributed by atoms with Gasteiger partial charge in [0.2, 0.25) is 0 Å². The van der Waals surface area contributed by atoms with Crippen molar-refractivity contribution in [3.05, 3.63) is 11.6 Å². The van der Waals surface area contributed by atoms with E-state index in [1.807, 2.05) is 0 Å². The van der Waals surface area contributed by atoms with Crippen molar-refractivity contribution in [2.45, 2.75) is 78.1 Å². The van der Waals surface area contributed by atoms with Crippen LogP contribution in [0.1, 0.15) is 78.1 Å². The molecular formula is C22H34O2. The Morgan fingerprint density at radius 1 is 1.00 bits per heavy atom. The molecule has 4 saturated carbocycles. The van der Waals surface area contributed by atoms with Gasteiger partial charge >= 0.3 is 5.97 Å². The third-order valence-corrected chi connectivity index (χ3v) is 8.60. The molecule has 0 saturated heterocycles. The fraction of sp³-hybridized carbons (Fsp3) is 0.864. The van der Waals surface area contributed by atoms with Gasteiger partial charge in [0, 0.05) is 5.57 Å². The summed E-state index contributed by atoms with van der Waals surface area (Å²) < 4.78 is 0. The predicted octanol–water partition coefficient (Wildman–Crippen LogP) is 5.68. The van der Waals surface area contributed by atoms with Crippen molar-refractivity contribution in [2.24, 2.45) is 40.9 Å². The quantitative estimate of drug-likeness (QED) is 0.662. The van der Waals surface area contributed by atoms with E-state index in [4.69, 9.17) is 5.11 Å². The van der Waals surface area contributed by atoms with E-state index < -0.39 is 5.97 Å². The smallest absolute Gasteiger partial charge is 0.330 e. The van der Waals surface area contributed by atoms with Gasteiger partial charge in [0.1, 0.15) is 0 Å². The Labute approximate surface area is 147 Å². The molecule has 0 radical (unpaired) electrons. The highest BCUT2D eigenvalue weighted by atomic mass is 16.4. The number of hydrogen-bond donors (Lipinski definition) is 1. The van der Waals surface area contributed by atoms with Gasteiger partial charge in [0.05, 0.1) is 0 Å². The Hall–Kier alpha value is -0.790. The molecule has 134 valence electrons. The number of hydrogen-bond acceptors (Lipinski definition) is 1. The van der Waals surface area contributed by atoms with E-state index in [2.05, 4.69) is 13.0 Å². The van der Waals surface area contributed by atoms with Gasteiger partial charge in [0.15, 0.2) is 0 Å². The molecule has 0 aromatic carbocycles. The van der Waals surface area contributed by atoms with Gasteiger partial charge in [-0.3, -0.25) is 0 Å². The Bertz CT molecular complexity index is 536. The monoisotopic (exact) mass is 330 g/mol. The number of carbonyl (C=O) groups is 1. The van der Waals surface area contributed by atoms with Crippen molar-refractivity contribution in [3.63, 3.8) is 0 Å². The maximum Gasteiger partial charge on any atom is 0.330 e. The lowest BCUT2D eigenvalue weighted by Gasteiger charge is -2.55. The number of allylic oxidation sites excluding steroid dienone is 1. The predicted molar refractivity (Wildman–Crippen MR) is 96.6 cm³/mol. The molecule has 0 aromatic heterocycles. The Morgan fingerprint density at radius 2 is 1.79 bits per heavy atom. The second kappa shape index (κ2) is 6.18. The zero-order valence-corrected chi connectivity index (χ0v) is 15.5. The van der Waals surface area contributed by atoms with E-state index in [9.17, 15) is 4.79 Å². The second-order valence-electron chi connectivity index (χ2n) is 9.75. The summed E-state index contributed by atoms with van der Waals surface area (Å²) in [4.78, 5) is 11.1. The minimum Gasteiger partial charge on any atom is -0.478 e. The molecule has 0 heterocycles. The maximum absolute atomic E-state index is 11.1. The van der Waals surface area contributed by atoms with Crippen LogP contribution < -0.4 is 0 Å². The van der Waals surface area contributed by atoms with Gasteiger partial charge in [0.25, 0.3) is 0 Å². The fourth-order valence-corrected chi connectivity index (χ4v) is 7.46. The summed E-state index contributed by atoms with van der Waals surface area (Å²) in [6, 6.07) is 0. The van der Waals surface area contributed by atoms with Crippen LogP contribution in [0.15, 0.2) is 11.6 Å². The van der Waals surface area contributed by atoms with E-state index in [0.717, 1.165) is 29.6 Å². The minimum atomic E-state index is -0.742. The first-order valence-electron chi connectivity index (χ1n) is 10.4. The van der Waals surface area contributed by atoms with Gasteiger partial charge in [-0.25, -0.2) is 4.79 Å². The summed E-state index contributed by atoms with van der Waals surface area (Å²) >= 11 is 0. The molecule has 1 N–H and O–H groups in total. The Morgan fingerprint density at radius 3 is 2.58 bits per heavy atom. The molecule has 24 heavy (non-hydrogen) atoms. The van der Waals surface area contributed by atoms with Gasteiger partial charge in [-0.2, -0.15) is 0 Å². The first-order valence-corrected chi connectivity index (χ1v) is 10.4. The van der Waals surface area contributed by atoms with E-state index in [0.29, 0.717) is 16.9 Å². The van der Waals surface area contributed by atoms with Crippen molar-refractivity contribution in [3.8, 4) is 0 Å². The first kappa shape index (κ1) is 16.7. The summed E-state index contributed by atoms with van der Waals surface area (Å²) in [5.41, 5.74) is 1.22. The molecule has 6 unspecified atom stereocenters. The molecule has 0 spiro atoms. The Balaban J connectivity index is 1.46. The lowest BCUT2D eigenvalue weighted by atomic mass is 9.50. The van der Waals surface area contributed by atoms with Crippen LogP contribution in [-0.2, 0) is 4.79 Å². The van der Waals surface area contributed by atoms with Crippen LogP contribution in [0.3, 0.4) is 0 Å². The summed E-state index contributed by atoms with van der Waals surface area (Å²) in [5, 5.41) is 9.14. The molecule has 4 rings (SSSR count). The van der Waals surface area contributed by atoms with Crippen LogP contribution in [0, 0.1) is 40.9 Å². The second-order valence-corrected chi connectivity index (χ2v) is 9.75. The third-order valence-electron chi connectivity index (χ3n) is 8.60. The van der Waals surface area contributed by atoms with Crippen LogP contribution in [0.2, 0.25) is 0 Å². The van der Waals surface area contributed by atoms with Crippen molar-refractivity contribution in [1.82, 2.24) is 0 Å². The lowest BCUT2D eigenvalue weighted by Crippen LogP contribution is -2.47. The number of aliphatic carboxylic acids is 1. The summed E-state index contributed by atoms with van der Waals surface area (Å²) in [7, 11) is 0. The highest BCUT2D eigenvalue weighted by molar-refractivity contribution is 5.85. The molecule has 2 nitrogen and oxygen atoms in total. The molecule has 0 aliphatic heterocycles. The minimum absolute atomic E-state index is 0.513. The summed E-state index contributed by atoms with van der Waals surface area (Å²) in [6.07, 6.45) is 16.2.